The number of rotatable bonds is 5. The Bertz CT molecular complexity index is 696. The molecule has 0 saturated carbocycles. The molecule has 2 fully saturated rings. The van der Waals surface area contributed by atoms with E-state index in [9.17, 15) is 0 Å². The second-order valence-electron chi connectivity index (χ2n) is 6.57. The summed E-state index contributed by atoms with van der Waals surface area (Å²) in [6.45, 7) is 6.74. The number of piperazine rings is 1. The molecule has 0 unspecified atom stereocenters. The molecule has 1 atom stereocenters. The minimum Gasteiger partial charge on any atom is -0.377 e. The van der Waals surface area contributed by atoms with Crippen LogP contribution in [0.1, 0.15) is 18.7 Å². The van der Waals surface area contributed by atoms with Gasteiger partial charge in [-0.05, 0) is 25.0 Å². The smallest absolute Gasteiger partial charge is 0.241 e. The van der Waals surface area contributed by atoms with E-state index in [4.69, 9.17) is 20.9 Å². The number of ether oxygens (including phenoxy) is 1. The molecule has 0 N–H and O–H groups in total. The normalized spacial score (nSPS) is 22.5. The van der Waals surface area contributed by atoms with E-state index in [2.05, 4.69) is 24.9 Å². The summed E-state index contributed by atoms with van der Waals surface area (Å²) in [5.74, 6) is 1.10. The maximum absolute atomic E-state index is 6.09. The average Bonchev–Trinajstić information content (AvgIpc) is 3.29. The number of hydrogen-bond acceptors (Lipinski definition) is 7. The Morgan fingerprint density at radius 3 is 2.80 bits per heavy atom. The number of hydrogen-bond donors (Lipinski definition) is 0. The summed E-state index contributed by atoms with van der Waals surface area (Å²) in [4.78, 5) is 13.3. The van der Waals surface area contributed by atoms with E-state index in [-0.39, 0.29) is 0 Å². The summed E-state index contributed by atoms with van der Waals surface area (Å²) in [7, 11) is 0. The highest BCUT2D eigenvalue weighted by molar-refractivity contribution is 6.31. The third kappa shape index (κ3) is 4.17. The molecule has 2 aliphatic rings. The molecule has 4 heterocycles. The highest BCUT2D eigenvalue weighted by atomic mass is 35.5. The van der Waals surface area contributed by atoms with Crippen LogP contribution < -0.4 is 0 Å². The van der Waals surface area contributed by atoms with Gasteiger partial charge in [0.05, 0.1) is 18.2 Å². The summed E-state index contributed by atoms with van der Waals surface area (Å²) in [6.07, 6.45) is 4.46. The molecule has 0 aromatic carbocycles. The minimum absolute atomic E-state index is 0.387. The standard InChI is InChI=1S/C17H22ClN5O2/c18-16-14(4-1-5-19-16)17-20-15(25-21-17)12-23-8-6-22(7-9-23)11-13-3-2-10-24-13/h1,4-5,13H,2-3,6-12H2/t13-/m1/s1. The van der Waals surface area contributed by atoms with Gasteiger partial charge in [-0.1, -0.05) is 16.8 Å². The molecule has 7 nitrogen and oxygen atoms in total. The maximum Gasteiger partial charge on any atom is 0.241 e. The van der Waals surface area contributed by atoms with Crippen molar-refractivity contribution in [2.45, 2.75) is 25.5 Å². The molecule has 2 aliphatic heterocycles. The number of nitrogens with zero attached hydrogens (tertiary/aromatic N) is 5. The van der Waals surface area contributed by atoms with Gasteiger partial charge in [0, 0.05) is 45.5 Å². The van der Waals surface area contributed by atoms with Crippen LogP contribution >= 0.6 is 11.6 Å². The van der Waals surface area contributed by atoms with Gasteiger partial charge in [0.15, 0.2) is 0 Å². The van der Waals surface area contributed by atoms with Crippen molar-refractivity contribution >= 4 is 11.6 Å². The lowest BCUT2D eigenvalue weighted by Crippen LogP contribution is -2.48. The van der Waals surface area contributed by atoms with E-state index in [1.807, 2.05) is 12.1 Å². The van der Waals surface area contributed by atoms with Crippen LogP contribution in [0.5, 0.6) is 0 Å². The lowest BCUT2D eigenvalue weighted by molar-refractivity contribution is 0.0468. The third-order valence-electron chi connectivity index (χ3n) is 4.78. The Kier molecular flexibility index (Phi) is 5.26. The van der Waals surface area contributed by atoms with Gasteiger partial charge in [0.1, 0.15) is 5.15 Å². The summed E-state index contributed by atoms with van der Waals surface area (Å²) in [5.41, 5.74) is 0.695. The first-order chi connectivity index (χ1) is 12.3. The summed E-state index contributed by atoms with van der Waals surface area (Å²) in [5, 5.41) is 4.42. The minimum atomic E-state index is 0.387. The van der Waals surface area contributed by atoms with Gasteiger partial charge in [0.2, 0.25) is 11.7 Å². The summed E-state index contributed by atoms with van der Waals surface area (Å²) in [6, 6.07) is 3.65. The molecule has 4 rings (SSSR count). The molecule has 2 aromatic heterocycles. The van der Waals surface area contributed by atoms with Gasteiger partial charge >= 0.3 is 0 Å². The molecule has 2 saturated heterocycles. The molecular weight excluding hydrogens is 342 g/mol. The monoisotopic (exact) mass is 363 g/mol. The quantitative estimate of drug-likeness (QED) is 0.753. The molecule has 8 heteroatoms. The molecule has 0 bridgehead atoms. The Hall–Kier alpha value is -1.54. The highest BCUT2D eigenvalue weighted by Gasteiger charge is 2.24. The van der Waals surface area contributed by atoms with Gasteiger partial charge < -0.3 is 9.26 Å². The summed E-state index contributed by atoms with van der Waals surface area (Å²) >= 11 is 6.09. The first-order valence-corrected chi connectivity index (χ1v) is 9.15. The average molecular weight is 364 g/mol. The van der Waals surface area contributed by atoms with Gasteiger partial charge in [-0.2, -0.15) is 4.98 Å². The Labute approximate surface area is 151 Å². The van der Waals surface area contributed by atoms with Crippen LogP contribution in [-0.4, -0.2) is 70.4 Å². The van der Waals surface area contributed by atoms with Gasteiger partial charge in [-0.25, -0.2) is 4.98 Å². The molecule has 2 aromatic rings. The largest absolute Gasteiger partial charge is 0.377 e. The first-order valence-electron chi connectivity index (χ1n) is 8.78. The number of pyridine rings is 1. The van der Waals surface area contributed by atoms with E-state index in [0.29, 0.717) is 35.1 Å². The van der Waals surface area contributed by atoms with Crippen LogP contribution in [0.4, 0.5) is 0 Å². The fourth-order valence-corrected chi connectivity index (χ4v) is 3.58. The first kappa shape index (κ1) is 16.9. The third-order valence-corrected chi connectivity index (χ3v) is 5.08. The van der Waals surface area contributed by atoms with Crippen molar-refractivity contribution in [2.24, 2.45) is 0 Å². The SMILES string of the molecule is Clc1ncccc1-c1noc(CN2CCN(C[C@H]3CCCO3)CC2)n1. The topological polar surface area (TPSA) is 67.5 Å². The molecule has 0 aliphatic carbocycles. The fraction of sp³-hybridized carbons (Fsp3) is 0.588. The lowest BCUT2D eigenvalue weighted by atomic mass is 10.2. The second kappa shape index (κ2) is 7.78. The zero-order valence-electron chi connectivity index (χ0n) is 14.1. The van der Waals surface area contributed by atoms with Crippen LogP contribution in [0.25, 0.3) is 11.4 Å². The zero-order valence-corrected chi connectivity index (χ0v) is 14.9. The van der Waals surface area contributed by atoms with Crippen molar-refractivity contribution in [1.29, 1.82) is 0 Å². The van der Waals surface area contributed by atoms with E-state index in [1.165, 1.54) is 12.8 Å². The number of aromatic nitrogens is 3. The van der Waals surface area contributed by atoms with E-state index in [0.717, 1.165) is 39.3 Å². The molecule has 25 heavy (non-hydrogen) atoms. The second-order valence-corrected chi connectivity index (χ2v) is 6.92. The van der Waals surface area contributed by atoms with Crippen molar-refractivity contribution in [3.05, 3.63) is 29.4 Å². The van der Waals surface area contributed by atoms with E-state index < -0.39 is 0 Å². The Morgan fingerprint density at radius 2 is 2.04 bits per heavy atom. The van der Waals surface area contributed by atoms with Crippen LogP contribution in [0.15, 0.2) is 22.9 Å². The zero-order chi connectivity index (χ0) is 17.1. The number of halogens is 1. The van der Waals surface area contributed by atoms with E-state index in [1.54, 1.807) is 6.20 Å². The van der Waals surface area contributed by atoms with Gasteiger partial charge in [-0.3, -0.25) is 9.80 Å². The maximum atomic E-state index is 6.09. The van der Waals surface area contributed by atoms with Crippen LogP contribution in [0, 0.1) is 0 Å². The molecule has 0 amide bonds. The molecular formula is C17H22ClN5O2. The van der Waals surface area contributed by atoms with Crippen LogP contribution in [0.2, 0.25) is 5.15 Å². The van der Waals surface area contributed by atoms with Gasteiger partial charge in [-0.15, -0.1) is 0 Å². The lowest BCUT2D eigenvalue weighted by Gasteiger charge is -2.34. The molecule has 0 radical (unpaired) electrons. The molecule has 134 valence electrons. The fourth-order valence-electron chi connectivity index (χ4n) is 3.38. The van der Waals surface area contributed by atoms with Crippen molar-refractivity contribution in [3.8, 4) is 11.4 Å². The van der Waals surface area contributed by atoms with Crippen molar-refractivity contribution in [2.75, 3.05) is 39.3 Å². The van der Waals surface area contributed by atoms with Crippen LogP contribution in [-0.2, 0) is 11.3 Å². The Morgan fingerprint density at radius 1 is 1.20 bits per heavy atom. The predicted octanol–water partition coefficient (Wildman–Crippen LogP) is 2.08. The highest BCUT2D eigenvalue weighted by Crippen LogP contribution is 2.23. The van der Waals surface area contributed by atoms with E-state index >= 15 is 0 Å². The predicted molar refractivity (Wildman–Crippen MR) is 93.2 cm³/mol. The summed E-state index contributed by atoms with van der Waals surface area (Å²) < 4.78 is 11.1. The molecule has 0 spiro atoms. The van der Waals surface area contributed by atoms with Gasteiger partial charge in [0.25, 0.3) is 0 Å². The van der Waals surface area contributed by atoms with Crippen LogP contribution in [0.3, 0.4) is 0 Å². The van der Waals surface area contributed by atoms with Crippen molar-refractivity contribution in [1.82, 2.24) is 24.9 Å². The van der Waals surface area contributed by atoms with Crippen molar-refractivity contribution < 1.29 is 9.26 Å². The Balaban J connectivity index is 1.29. The van der Waals surface area contributed by atoms with Crippen molar-refractivity contribution in [3.63, 3.8) is 0 Å².